The third kappa shape index (κ3) is 2.85. The molecule has 0 saturated heterocycles. The number of nitrogens with one attached hydrogen (secondary N) is 1. The Morgan fingerprint density at radius 3 is 2.71 bits per heavy atom. The number of amides is 1. The van der Waals surface area contributed by atoms with Crippen molar-refractivity contribution in [3.8, 4) is 0 Å². The molecule has 0 atom stereocenters. The minimum absolute atomic E-state index is 0.271. The summed E-state index contributed by atoms with van der Waals surface area (Å²) in [5.74, 6) is -0.386. The van der Waals surface area contributed by atoms with Crippen LogP contribution in [0.2, 0.25) is 10.0 Å². The molecule has 1 aromatic heterocycles. The Morgan fingerprint density at radius 2 is 2.12 bits per heavy atom. The lowest BCUT2D eigenvalue weighted by atomic mass is 10.2. The van der Waals surface area contributed by atoms with E-state index in [2.05, 4.69) is 15.5 Å². The number of carbonyl (C=O) groups excluding carboxylic acids is 1. The van der Waals surface area contributed by atoms with Crippen LogP contribution >= 0.6 is 34.5 Å². The summed E-state index contributed by atoms with van der Waals surface area (Å²) in [7, 11) is 0. The van der Waals surface area contributed by atoms with Gasteiger partial charge >= 0.3 is 0 Å². The van der Waals surface area contributed by atoms with Gasteiger partial charge in [0.05, 0.1) is 10.6 Å². The van der Waals surface area contributed by atoms with Gasteiger partial charge in [-0.15, -0.1) is 10.2 Å². The lowest BCUT2D eigenvalue weighted by molar-refractivity contribution is 0.102. The lowest BCUT2D eigenvalue weighted by Gasteiger charge is -2.03. The van der Waals surface area contributed by atoms with Crippen LogP contribution in [-0.2, 0) is 0 Å². The summed E-state index contributed by atoms with van der Waals surface area (Å²) in [5.41, 5.74) is 5.70. The second-order valence-corrected chi connectivity index (χ2v) is 4.88. The minimum atomic E-state index is -0.386. The van der Waals surface area contributed by atoms with Gasteiger partial charge in [0, 0.05) is 5.02 Å². The number of hydrogen-bond acceptors (Lipinski definition) is 5. The van der Waals surface area contributed by atoms with Crippen molar-refractivity contribution in [2.75, 3.05) is 11.1 Å². The first-order chi connectivity index (χ1) is 8.06. The van der Waals surface area contributed by atoms with Gasteiger partial charge in [0.2, 0.25) is 10.3 Å². The maximum absolute atomic E-state index is 11.8. The Labute approximate surface area is 111 Å². The average Bonchev–Trinajstić information content (AvgIpc) is 2.63. The summed E-state index contributed by atoms with van der Waals surface area (Å²) in [6.07, 6.45) is 0. The van der Waals surface area contributed by atoms with Gasteiger partial charge in [-0.25, -0.2) is 0 Å². The van der Waals surface area contributed by atoms with Crippen molar-refractivity contribution < 1.29 is 4.79 Å². The van der Waals surface area contributed by atoms with E-state index in [-0.39, 0.29) is 16.1 Å². The topological polar surface area (TPSA) is 80.9 Å². The number of anilines is 2. The standard InChI is InChI=1S/C9H6Cl2N4OS/c10-4-1-2-5(6(11)3-4)7(16)13-9-15-14-8(12)17-9/h1-3H,(H2,12,14)(H,13,15,16). The number of carbonyl (C=O) groups is 1. The molecule has 0 aliphatic rings. The second-order valence-electron chi connectivity index (χ2n) is 3.02. The lowest BCUT2D eigenvalue weighted by Crippen LogP contribution is -2.12. The summed E-state index contributed by atoms with van der Waals surface area (Å²) < 4.78 is 0. The molecule has 17 heavy (non-hydrogen) atoms. The van der Waals surface area contributed by atoms with Crippen LogP contribution in [0.15, 0.2) is 18.2 Å². The zero-order chi connectivity index (χ0) is 12.4. The Bertz CT molecular complexity index is 572. The van der Waals surface area contributed by atoms with Gasteiger partial charge < -0.3 is 5.73 Å². The van der Waals surface area contributed by atoms with Gasteiger partial charge in [-0.1, -0.05) is 34.5 Å². The summed E-state index contributed by atoms with van der Waals surface area (Å²) in [4.78, 5) is 11.8. The number of hydrogen-bond donors (Lipinski definition) is 2. The van der Waals surface area contributed by atoms with Gasteiger partial charge in [-0.2, -0.15) is 0 Å². The van der Waals surface area contributed by atoms with Crippen LogP contribution < -0.4 is 11.1 Å². The highest BCUT2D eigenvalue weighted by molar-refractivity contribution is 7.19. The number of rotatable bonds is 2. The number of halogens is 2. The van der Waals surface area contributed by atoms with Gasteiger partial charge in [0.1, 0.15) is 0 Å². The van der Waals surface area contributed by atoms with Crippen LogP contribution in [0, 0.1) is 0 Å². The molecule has 2 aromatic rings. The maximum Gasteiger partial charge on any atom is 0.259 e. The first-order valence-electron chi connectivity index (χ1n) is 4.41. The molecule has 0 unspecified atom stereocenters. The molecule has 1 aromatic carbocycles. The molecule has 0 spiro atoms. The van der Waals surface area contributed by atoms with E-state index in [1.165, 1.54) is 12.1 Å². The zero-order valence-electron chi connectivity index (χ0n) is 8.28. The zero-order valence-corrected chi connectivity index (χ0v) is 10.6. The normalized spacial score (nSPS) is 10.2. The van der Waals surface area contributed by atoms with Crippen molar-refractivity contribution in [1.82, 2.24) is 10.2 Å². The van der Waals surface area contributed by atoms with Gasteiger partial charge in [0.25, 0.3) is 5.91 Å². The van der Waals surface area contributed by atoms with E-state index < -0.39 is 0 Å². The smallest absolute Gasteiger partial charge is 0.259 e. The highest BCUT2D eigenvalue weighted by Crippen LogP contribution is 2.23. The molecular weight excluding hydrogens is 283 g/mol. The van der Waals surface area contributed by atoms with Crippen LogP contribution in [0.4, 0.5) is 10.3 Å². The molecule has 0 saturated carbocycles. The fourth-order valence-corrected chi connectivity index (χ4v) is 2.12. The van der Waals surface area contributed by atoms with Crippen molar-refractivity contribution in [2.45, 2.75) is 0 Å². The van der Waals surface area contributed by atoms with Crippen molar-refractivity contribution >= 4 is 50.7 Å². The Balaban J connectivity index is 2.20. The number of nitrogen functional groups attached to an aromatic ring is 1. The largest absolute Gasteiger partial charge is 0.374 e. The van der Waals surface area contributed by atoms with E-state index in [1.807, 2.05) is 0 Å². The van der Waals surface area contributed by atoms with Gasteiger partial charge in [-0.05, 0) is 18.2 Å². The maximum atomic E-state index is 11.8. The van der Waals surface area contributed by atoms with E-state index >= 15 is 0 Å². The van der Waals surface area contributed by atoms with E-state index in [0.717, 1.165) is 11.3 Å². The molecule has 0 aliphatic carbocycles. The van der Waals surface area contributed by atoms with Crippen LogP contribution in [0.3, 0.4) is 0 Å². The molecule has 0 fully saturated rings. The SMILES string of the molecule is Nc1nnc(NC(=O)c2ccc(Cl)cc2Cl)s1. The fourth-order valence-electron chi connectivity index (χ4n) is 1.12. The predicted molar refractivity (Wildman–Crippen MR) is 68.7 cm³/mol. The van der Waals surface area contributed by atoms with E-state index in [9.17, 15) is 4.79 Å². The summed E-state index contributed by atoms with van der Waals surface area (Å²) in [6.45, 7) is 0. The molecule has 0 radical (unpaired) electrons. The Kier molecular flexibility index (Phi) is 3.46. The highest BCUT2D eigenvalue weighted by Gasteiger charge is 2.12. The Hall–Kier alpha value is -1.37. The Morgan fingerprint density at radius 1 is 1.35 bits per heavy atom. The second kappa shape index (κ2) is 4.87. The van der Waals surface area contributed by atoms with Crippen molar-refractivity contribution in [2.24, 2.45) is 0 Å². The van der Waals surface area contributed by atoms with Crippen molar-refractivity contribution in [3.63, 3.8) is 0 Å². The molecule has 1 heterocycles. The monoisotopic (exact) mass is 288 g/mol. The van der Waals surface area contributed by atoms with E-state index in [1.54, 1.807) is 6.07 Å². The van der Waals surface area contributed by atoms with E-state index in [0.29, 0.717) is 15.7 Å². The number of aromatic nitrogens is 2. The quantitative estimate of drug-likeness (QED) is 0.890. The predicted octanol–water partition coefficient (Wildman–Crippen LogP) is 2.68. The van der Waals surface area contributed by atoms with Crippen LogP contribution in [0.25, 0.3) is 0 Å². The molecule has 8 heteroatoms. The molecule has 1 amide bonds. The minimum Gasteiger partial charge on any atom is -0.374 e. The number of nitrogens with zero attached hydrogens (tertiary/aromatic N) is 2. The summed E-state index contributed by atoms with van der Waals surface area (Å²) >= 11 is 12.7. The van der Waals surface area contributed by atoms with Gasteiger partial charge in [0.15, 0.2) is 0 Å². The van der Waals surface area contributed by atoms with Gasteiger partial charge in [-0.3, -0.25) is 10.1 Å². The number of benzene rings is 1. The first kappa shape index (κ1) is 12.1. The van der Waals surface area contributed by atoms with E-state index in [4.69, 9.17) is 28.9 Å². The molecule has 3 N–H and O–H groups in total. The van der Waals surface area contributed by atoms with Crippen LogP contribution in [-0.4, -0.2) is 16.1 Å². The molecule has 88 valence electrons. The summed E-state index contributed by atoms with van der Waals surface area (Å²) in [5, 5.41) is 11.1. The molecule has 2 rings (SSSR count). The molecule has 0 bridgehead atoms. The molecule has 0 aliphatic heterocycles. The third-order valence-corrected chi connectivity index (χ3v) is 3.05. The van der Waals surface area contributed by atoms with Crippen molar-refractivity contribution in [3.05, 3.63) is 33.8 Å². The van der Waals surface area contributed by atoms with Crippen LogP contribution in [0.5, 0.6) is 0 Å². The number of nitrogens with two attached hydrogens (primary N) is 1. The third-order valence-electron chi connectivity index (χ3n) is 1.84. The molecule has 5 nitrogen and oxygen atoms in total. The van der Waals surface area contributed by atoms with Crippen molar-refractivity contribution in [1.29, 1.82) is 0 Å². The highest BCUT2D eigenvalue weighted by atomic mass is 35.5. The molecular formula is C9H6Cl2N4OS. The first-order valence-corrected chi connectivity index (χ1v) is 5.99. The average molecular weight is 289 g/mol. The van der Waals surface area contributed by atoms with Crippen LogP contribution in [0.1, 0.15) is 10.4 Å². The fraction of sp³-hybridized carbons (Fsp3) is 0. The summed E-state index contributed by atoms with van der Waals surface area (Å²) in [6, 6.07) is 4.60.